The minimum absolute atomic E-state index is 0.262. The Bertz CT molecular complexity index is 525. The fraction of sp³-hybridized carbons (Fsp3) is 0.467. The van der Waals surface area contributed by atoms with Gasteiger partial charge in [-0.15, -0.1) is 0 Å². The van der Waals surface area contributed by atoms with Crippen molar-refractivity contribution >= 4 is 11.9 Å². The monoisotopic (exact) mass is 295 g/mol. The molecule has 0 aromatic heterocycles. The number of hydrogen-bond donors (Lipinski definition) is 2. The molecule has 0 bridgehead atoms. The number of benzene rings is 1. The second-order valence-corrected chi connectivity index (χ2v) is 5.26. The van der Waals surface area contributed by atoms with Crippen molar-refractivity contribution in [1.82, 2.24) is 5.32 Å². The van der Waals surface area contributed by atoms with Crippen molar-refractivity contribution in [2.45, 2.75) is 20.3 Å². The van der Waals surface area contributed by atoms with Crippen LogP contribution in [-0.4, -0.2) is 37.7 Å². The molecule has 21 heavy (non-hydrogen) atoms. The van der Waals surface area contributed by atoms with Crippen molar-refractivity contribution in [3.05, 3.63) is 23.8 Å². The third-order valence-electron chi connectivity index (χ3n) is 3.27. The lowest BCUT2D eigenvalue weighted by Gasteiger charge is -2.19. The summed E-state index contributed by atoms with van der Waals surface area (Å²) in [4.78, 5) is 23.2. The van der Waals surface area contributed by atoms with Gasteiger partial charge in [0, 0.05) is 6.54 Å². The summed E-state index contributed by atoms with van der Waals surface area (Å²) in [7, 11) is 2.99. The van der Waals surface area contributed by atoms with E-state index in [0.29, 0.717) is 23.5 Å². The van der Waals surface area contributed by atoms with Crippen LogP contribution in [-0.2, 0) is 4.79 Å². The number of carbonyl (C=O) groups is 2. The molecule has 0 aliphatic heterocycles. The third kappa shape index (κ3) is 4.37. The highest BCUT2D eigenvalue weighted by Gasteiger charge is 2.26. The Morgan fingerprint density at radius 3 is 2.43 bits per heavy atom. The molecule has 0 saturated heterocycles. The van der Waals surface area contributed by atoms with Crippen LogP contribution in [0.15, 0.2) is 18.2 Å². The number of carbonyl (C=O) groups excluding carboxylic acids is 1. The maximum atomic E-state index is 12.2. The fourth-order valence-corrected chi connectivity index (χ4v) is 1.68. The predicted molar refractivity (Wildman–Crippen MR) is 77.9 cm³/mol. The van der Waals surface area contributed by atoms with E-state index in [0.717, 1.165) is 0 Å². The first-order chi connectivity index (χ1) is 9.81. The second-order valence-electron chi connectivity index (χ2n) is 5.26. The molecular weight excluding hydrogens is 274 g/mol. The summed E-state index contributed by atoms with van der Waals surface area (Å²) in [5.41, 5.74) is -0.531. The van der Waals surface area contributed by atoms with Gasteiger partial charge in [-0.05, 0) is 38.5 Å². The van der Waals surface area contributed by atoms with Gasteiger partial charge < -0.3 is 19.9 Å². The van der Waals surface area contributed by atoms with Crippen LogP contribution >= 0.6 is 0 Å². The van der Waals surface area contributed by atoms with E-state index in [4.69, 9.17) is 14.6 Å². The van der Waals surface area contributed by atoms with Gasteiger partial charge in [0.1, 0.15) is 11.5 Å². The van der Waals surface area contributed by atoms with Crippen LogP contribution in [0.1, 0.15) is 30.6 Å². The van der Waals surface area contributed by atoms with Crippen LogP contribution in [0.5, 0.6) is 11.5 Å². The first-order valence-corrected chi connectivity index (χ1v) is 6.55. The highest BCUT2D eigenvalue weighted by molar-refractivity contribution is 5.97. The highest BCUT2D eigenvalue weighted by atomic mass is 16.5. The number of aliphatic carboxylic acids is 1. The van der Waals surface area contributed by atoms with E-state index in [1.165, 1.54) is 14.2 Å². The maximum absolute atomic E-state index is 12.2. The Kier molecular flexibility index (Phi) is 5.58. The Balaban J connectivity index is 2.74. The van der Waals surface area contributed by atoms with E-state index in [1.54, 1.807) is 32.0 Å². The molecule has 0 aliphatic rings. The molecule has 0 heterocycles. The zero-order valence-corrected chi connectivity index (χ0v) is 12.7. The zero-order valence-electron chi connectivity index (χ0n) is 12.7. The average Bonchev–Trinajstić information content (AvgIpc) is 2.45. The summed E-state index contributed by atoms with van der Waals surface area (Å²) in [6, 6.07) is 4.93. The van der Waals surface area contributed by atoms with Crippen molar-refractivity contribution in [1.29, 1.82) is 0 Å². The van der Waals surface area contributed by atoms with Gasteiger partial charge >= 0.3 is 5.97 Å². The number of ether oxygens (including phenoxy) is 2. The SMILES string of the molecule is COc1ccc(OC)c(C(=O)NCCC(C)(C)C(=O)O)c1. The Labute approximate surface area is 124 Å². The number of carboxylic acids is 1. The molecule has 1 aromatic carbocycles. The summed E-state index contributed by atoms with van der Waals surface area (Å²) in [6.45, 7) is 3.50. The van der Waals surface area contributed by atoms with E-state index in [9.17, 15) is 9.59 Å². The Morgan fingerprint density at radius 1 is 1.24 bits per heavy atom. The van der Waals surface area contributed by atoms with Crippen LogP contribution in [0.2, 0.25) is 0 Å². The lowest BCUT2D eigenvalue weighted by atomic mass is 9.90. The van der Waals surface area contributed by atoms with E-state index in [1.807, 2.05) is 0 Å². The molecule has 0 atom stereocenters. The maximum Gasteiger partial charge on any atom is 0.309 e. The molecule has 1 amide bonds. The molecule has 6 nitrogen and oxygen atoms in total. The van der Waals surface area contributed by atoms with Gasteiger partial charge in [-0.3, -0.25) is 9.59 Å². The molecule has 0 spiro atoms. The van der Waals surface area contributed by atoms with E-state index >= 15 is 0 Å². The summed E-state index contributed by atoms with van der Waals surface area (Å²) in [6.07, 6.45) is 0.334. The lowest BCUT2D eigenvalue weighted by molar-refractivity contribution is -0.147. The Morgan fingerprint density at radius 2 is 1.90 bits per heavy atom. The minimum Gasteiger partial charge on any atom is -0.497 e. The molecular formula is C15H21NO5. The van der Waals surface area contributed by atoms with Gasteiger partial charge in [0.15, 0.2) is 0 Å². The van der Waals surface area contributed by atoms with Gasteiger partial charge in [0.2, 0.25) is 0 Å². The van der Waals surface area contributed by atoms with Crippen molar-refractivity contribution in [2.24, 2.45) is 5.41 Å². The lowest BCUT2D eigenvalue weighted by Crippen LogP contribution is -2.32. The normalized spacial score (nSPS) is 10.9. The van der Waals surface area contributed by atoms with Crippen molar-refractivity contribution < 1.29 is 24.2 Å². The topological polar surface area (TPSA) is 84.9 Å². The molecule has 0 fully saturated rings. The van der Waals surface area contributed by atoms with E-state index in [2.05, 4.69) is 5.32 Å². The molecule has 1 aromatic rings. The molecule has 0 radical (unpaired) electrons. The largest absolute Gasteiger partial charge is 0.497 e. The molecule has 0 unspecified atom stereocenters. The average molecular weight is 295 g/mol. The van der Waals surface area contributed by atoms with Crippen LogP contribution in [0.25, 0.3) is 0 Å². The number of carboxylic acid groups (broad SMARTS) is 1. The predicted octanol–water partition coefficient (Wildman–Crippen LogP) is 1.93. The summed E-state index contributed by atoms with van der Waals surface area (Å²) in [5, 5.41) is 11.7. The van der Waals surface area contributed by atoms with Gasteiger partial charge in [0.05, 0.1) is 25.2 Å². The quantitative estimate of drug-likeness (QED) is 0.803. The number of amides is 1. The van der Waals surface area contributed by atoms with Gasteiger partial charge in [-0.1, -0.05) is 0 Å². The number of rotatable bonds is 7. The highest BCUT2D eigenvalue weighted by Crippen LogP contribution is 2.24. The first kappa shape index (κ1) is 16.8. The molecule has 0 aliphatic carbocycles. The van der Waals surface area contributed by atoms with Gasteiger partial charge in [-0.2, -0.15) is 0 Å². The number of nitrogens with one attached hydrogen (secondary N) is 1. The molecule has 0 saturated carbocycles. The van der Waals surface area contributed by atoms with Crippen molar-refractivity contribution in [3.63, 3.8) is 0 Å². The van der Waals surface area contributed by atoms with E-state index < -0.39 is 11.4 Å². The minimum atomic E-state index is -0.893. The molecule has 116 valence electrons. The van der Waals surface area contributed by atoms with Crippen LogP contribution in [0.3, 0.4) is 0 Å². The summed E-state index contributed by atoms with van der Waals surface area (Å²) in [5.74, 6) is -0.236. The molecule has 2 N–H and O–H groups in total. The standard InChI is InChI=1S/C15H21NO5/c1-15(2,14(18)19)7-8-16-13(17)11-9-10(20-3)5-6-12(11)21-4/h5-6,9H,7-8H2,1-4H3,(H,16,17)(H,18,19). The van der Waals surface area contributed by atoms with Crippen LogP contribution in [0, 0.1) is 5.41 Å². The smallest absolute Gasteiger partial charge is 0.309 e. The number of hydrogen-bond acceptors (Lipinski definition) is 4. The van der Waals surface area contributed by atoms with Crippen LogP contribution < -0.4 is 14.8 Å². The zero-order chi connectivity index (χ0) is 16.0. The van der Waals surface area contributed by atoms with Crippen LogP contribution in [0.4, 0.5) is 0 Å². The second kappa shape index (κ2) is 6.97. The van der Waals surface area contributed by atoms with Gasteiger partial charge in [-0.25, -0.2) is 0 Å². The van der Waals surface area contributed by atoms with Gasteiger partial charge in [0.25, 0.3) is 5.91 Å². The number of methoxy groups -OCH3 is 2. The third-order valence-corrected chi connectivity index (χ3v) is 3.27. The summed E-state index contributed by atoms with van der Waals surface area (Å²) < 4.78 is 10.2. The molecule has 6 heteroatoms. The molecule has 1 rings (SSSR count). The Hall–Kier alpha value is -2.24. The van der Waals surface area contributed by atoms with Crippen molar-refractivity contribution in [2.75, 3.05) is 20.8 Å². The van der Waals surface area contributed by atoms with E-state index in [-0.39, 0.29) is 12.5 Å². The fourth-order valence-electron chi connectivity index (χ4n) is 1.68. The van der Waals surface area contributed by atoms with Crippen molar-refractivity contribution in [3.8, 4) is 11.5 Å². The first-order valence-electron chi connectivity index (χ1n) is 6.55. The summed E-state index contributed by atoms with van der Waals surface area (Å²) >= 11 is 0.